The molecule has 2 heterocycles. The number of nitrogens with one attached hydrogen (secondary N) is 2. The largest absolute Gasteiger partial charge is 0.373 e. The van der Waals surface area contributed by atoms with Gasteiger partial charge in [-0.1, -0.05) is 30.3 Å². The first kappa shape index (κ1) is 15.5. The van der Waals surface area contributed by atoms with Crippen LogP contribution in [0.1, 0.15) is 34.9 Å². The van der Waals surface area contributed by atoms with Gasteiger partial charge in [0.25, 0.3) is 11.5 Å². The summed E-state index contributed by atoms with van der Waals surface area (Å²) in [5, 5.41) is 2.87. The number of amides is 1. The molecule has 2 unspecified atom stereocenters. The molecule has 0 bridgehead atoms. The third-order valence-corrected chi connectivity index (χ3v) is 4.16. The van der Waals surface area contributed by atoms with Gasteiger partial charge in [-0.3, -0.25) is 9.59 Å². The van der Waals surface area contributed by atoms with Crippen LogP contribution in [-0.2, 0) is 4.74 Å². The molecule has 1 aliphatic rings. The molecule has 2 atom stereocenters. The molecule has 1 amide bonds. The van der Waals surface area contributed by atoms with Crippen LogP contribution in [0.25, 0.3) is 0 Å². The standard InChI is InChI=1S/C18H20N2O3/c21-17-15(9-4-10-19-17)18(22)20-12-14-8-5-11-23-16(14)13-6-2-1-3-7-13/h1-4,6-7,9-10,14,16H,5,8,11-12H2,(H,19,21)(H,20,22). The molecular formula is C18H20N2O3. The second-order valence-electron chi connectivity index (χ2n) is 5.73. The van der Waals surface area contributed by atoms with Crippen LogP contribution in [0.5, 0.6) is 0 Å². The molecule has 1 aliphatic heterocycles. The summed E-state index contributed by atoms with van der Waals surface area (Å²) in [7, 11) is 0. The first-order valence-electron chi connectivity index (χ1n) is 7.88. The lowest BCUT2D eigenvalue weighted by Gasteiger charge is -2.32. The first-order valence-corrected chi connectivity index (χ1v) is 7.88. The van der Waals surface area contributed by atoms with E-state index in [9.17, 15) is 9.59 Å². The Morgan fingerprint density at radius 3 is 2.83 bits per heavy atom. The first-order chi connectivity index (χ1) is 11.3. The Hall–Kier alpha value is -2.40. The molecule has 2 aromatic rings. The lowest BCUT2D eigenvalue weighted by Crippen LogP contribution is -2.37. The number of pyridine rings is 1. The van der Waals surface area contributed by atoms with Gasteiger partial charge in [-0.2, -0.15) is 0 Å². The molecule has 1 aromatic carbocycles. The van der Waals surface area contributed by atoms with Crippen LogP contribution < -0.4 is 10.9 Å². The van der Waals surface area contributed by atoms with Crippen molar-refractivity contribution in [2.45, 2.75) is 18.9 Å². The monoisotopic (exact) mass is 312 g/mol. The Labute approximate surface area is 134 Å². The summed E-state index contributed by atoms with van der Waals surface area (Å²) >= 11 is 0. The molecule has 1 fully saturated rings. The van der Waals surface area contributed by atoms with Crippen molar-refractivity contribution in [3.63, 3.8) is 0 Å². The maximum absolute atomic E-state index is 12.2. The number of H-pyrrole nitrogens is 1. The number of ether oxygens (including phenoxy) is 1. The molecule has 120 valence electrons. The van der Waals surface area contributed by atoms with E-state index in [1.165, 1.54) is 12.3 Å². The molecule has 0 spiro atoms. The van der Waals surface area contributed by atoms with Gasteiger partial charge in [-0.05, 0) is 30.5 Å². The molecule has 3 rings (SSSR count). The topological polar surface area (TPSA) is 71.2 Å². The number of carbonyl (C=O) groups is 1. The average molecular weight is 312 g/mol. The lowest BCUT2D eigenvalue weighted by atomic mass is 9.89. The van der Waals surface area contributed by atoms with Crippen molar-refractivity contribution >= 4 is 5.91 Å². The highest BCUT2D eigenvalue weighted by atomic mass is 16.5. The molecule has 1 aromatic heterocycles. The second kappa shape index (κ2) is 7.24. The Balaban J connectivity index is 1.67. The molecule has 0 radical (unpaired) electrons. The predicted molar refractivity (Wildman–Crippen MR) is 87.3 cm³/mol. The minimum atomic E-state index is -0.371. The summed E-state index contributed by atoms with van der Waals surface area (Å²) in [4.78, 5) is 26.3. The minimum Gasteiger partial charge on any atom is -0.373 e. The average Bonchev–Trinajstić information content (AvgIpc) is 2.61. The van der Waals surface area contributed by atoms with Crippen molar-refractivity contribution in [1.82, 2.24) is 10.3 Å². The highest BCUT2D eigenvalue weighted by molar-refractivity contribution is 5.93. The van der Waals surface area contributed by atoms with E-state index in [1.54, 1.807) is 6.07 Å². The van der Waals surface area contributed by atoms with E-state index in [0.29, 0.717) is 6.54 Å². The van der Waals surface area contributed by atoms with Crippen molar-refractivity contribution in [2.24, 2.45) is 5.92 Å². The number of hydrogen-bond donors (Lipinski definition) is 2. The van der Waals surface area contributed by atoms with Gasteiger partial charge < -0.3 is 15.0 Å². The van der Waals surface area contributed by atoms with Gasteiger partial charge in [0.15, 0.2) is 0 Å². The zero-order chi connectivity index (χ0) is 16.1. The fourth-order valence-electron chi connectivity index (χ4n) is 2.98. The van der Waals surface area contributed by atoms with Crippen molar-refractivity contribution in [1.29, 1.82) is 0 Å². The molecule has 5 heteroatoms. The predicted octanol–water partition coefficient (Wildman–Crippen LogP) is 2.27. The molecule has 0 saturated carbocycles. The number of hydrogen-bond acceptors (Lipinski definition) is 3. The minimum absolute atomic E-state index is 0.0145. The Morgan fingerprint density at radius 2 is 2.04 bits per heavy atom. The van der Waals surface area contributed by atoms with E-state index >= 15 is 0 Å². The van der Waals surface area contributed by atoms with Crippen LogP contribution in [-0.4, -0.2) is 24.0 Å². The van der Waals surface area contributed by atoms with Gasteiger partial charge in [-0.15, -0.1) is 0 Å². The lowest BCUT2D eigenvalue weighted by molar-refractivity contribution is -0.0272. The van der Waals surface area contributed by atoms with Crippen molar-refractivity contribution in [2.75, 3.05) is 13.2 Å². The molecule has 1 saturated heterocycles. The normalized spacial score (nSPS) is 20.9. The summed E-state index contributed by atoms with van der Waals surface area (Å²) in [6.07, 6.45) is 3.47. The zero-order valence-electron chi connectivity index (χ0n) is 12.8. The van der Waals surface area contributed by atoms with Crippen molar-refractivity contribution in [3.8, 4) is 0 Å². The zero-order valence-corrected chi connectivity index (χ0v) is 12.8. The molecule has 0 aliphatic carbocycles. The van der Waals surface area contributed by atoms with Gasteiger partial charge in [0.05, 0.1) is 6.10 Å². The van der Waals surface area contributed by atoms with Crippen molar-refractivity contribution < 1.29 is 9.53 Å². The molecular weight excluding hydrogens is 292 g/mol. The third kappa shape index (κ3) is 3.68. The van der Waals surface area contributed by atoms with E-state index in [-0.39, 0.29) is 29.1 Å². The van der Waals surface area contributed by atoms with Crippen LogP contribution in [0.3, 0.4) is 0 Å². The van der Waals surface area contributed by atoms with Gasteiger partial charge in [0.1, 0.15) is 5.56 Å². The molecule has 2 N–H and O–H groups in total. The Morgan fingerprint density at radius 1 is 1.22 bits per heavy atom. The highest BCUT2D eigenvalue weighted by Crippen LogP contribution is 2.33. The SMILES string of the molecule is O=C(NCC1CCCOC1c1ccccc1)c1ccc[nH]c1=O. The number of aromatic amines is 1. The van der Waals surface area contributed by atoms with Crippen LogP contribution in [0.15, 0.2) is 53.5 Å². The summed E-state index contributed by atoms with van der Waals surface area (Å²) < 4.78 is 5.92. The quantitative estimate of drug-likeness (QED) is 0.910. The van der Waals surface area contributed by atoms with E-state index in [4.69, 9.17) is 4.74 Å². The second-order valence-corrected chi connectivity index (χ2v) is 5.73. The number of aromatic nitrogens is 1. The van der Waals surface area contributed by atoms with Crippen LogP contribution in [0.2, 0.25) is 0 Å². The summed E-state index contributed by atoms with van der Waals surface area (Å²) in [5.74, 6) is -0.137. The fraction of sp³-hybridized carbons (Fsp3) is 0.333. The number of benzene rings is 1. The highest BCUT2D eigenvalue weighted by Gasteiger charge is 2.27. The van der Waals surface area contributed by atoms with E-state index in [2.05, 4.69) is 10.3 Å². The third-order valence-electron chi connectivity index (χ3n) is 4.16. The Kier molecular flexibility index (Phi) is 4.88. The van der Waals surface area contributed by atoms with E-state index < -0.39 is 0 Å². The smallest absolute Gasteiger partial charge is 0.260 e. The molecule has 5 nitrogen and oxygen atoms in total. The Bertz CT molecular complexity index is 711. The summed E-state index contributed by atoms with van der Waals surface area (Å²) in [5.41, 5.74) is 0.897. The van der Waals surface area contributed by atoms with Crippen LogP contribution in [0.4, 0.5) is 0 Å². The van der Waals surface area contributed by atoms with E-state index in [0.717, 1.165) is 25.0 Å². The van der Waals surface area contributed by atoms with Gasteiger partial charge in [-0.25, -0.2) is 0 Å². The number of rotatable bonds is 4. The maximum Gasteiger partial charge on any atom is 0.260 e. The summed E-state index contributed by atoms with van der Waals surface area (Å²) in [6, 6.07) is 13.2. The van der Waals surface area contributed by atoms with E-state index in [1.807, 2.05) is 30.3 Å². The van der Waals surface area contributed by atoms with Gasteiger partial charge in [0.2, 0.25) is 0 Å². The van der Waals surface area contributed by atoms with Gasteiger partial charge >= 0.3 is 0 Å². The van der Waals surface area contributed by atoms with Crippen LogP contribution >= 0.6 is 0 Å². The maximum atomic E-state index is 12.2. The summed E-state index contributed by atoms with van der Waals surface area (Å²) in [6.45, 7) is 1.23. The van der Waals surface area contributed by atoms with Crippen LogP contribution in [0, 0.1) is 5.92 Å². The number of carbonyl (C=O) groups excluding carboxylic acids is 1. The van der Waals surface area contributed by atoms with Gasteiger partial charge in [0, 0.05) is 25.3 Å². The fourth-order valence-corrected chi connectivity index (χ4v) is 2.98. The van der Waals surface area contributed by atoms with Crippen molar-refractivity contribution in [3.05, 3.63) is 70.1 Å². The molecule has 23 heavy (non-hydrogen) atoms.